The Hall–Kier alpha value is -1.54. The molecular formula is C27H39NO. The zero-order valence-electron chi connectivity index (χ0n) is 18.8. The van der Waals surface area contributed by atoms with Crippen LogP contribution in [-0.4, -0.2) is 24.1 Å². The summed E-state index contributed by atoms with van der Waals surface area (Å²) in [6, 6.07) is 13.6. The molecular weight excluding hydrogens is 354 g/mol. The highest BCUT2D eigenvalue weighted by molar-refractivity contribution is 5.84. The van der Waals surface area contributed by atoms with E-state index in [0.29, 0.717) is 11.5 Å². The Morgan fingerprint density at radius 3 is 2.17 bits per heavy atom. The number of rotatable bonds is 4. The Labute approximate surface area is 177 Å². The zero-order chi connectivity index (χ0) is 20.3. The van der Waals surface area contributed by atoms with E-state index in [1.54, 1.807) is 0 Å². The summed E-state index contributed by atoms with van der Waals surface area (Å²) in [7, 11) is 0. The van der Waals surface area contributed by atoms with Gasteiger partial charge in [-0.15, -0.1) is 0 Å². The Balaban J connectivity index is 1.37. The molecule has 4 rings (SSSR count). The van der Waals surface area contributed by atoms with Crippen molar-refractivity contribution in [1.82, 2.24) is 4.90 Å². The lowest BCUT2D eigenvalue weighted by atomic mass is 9.72. The number of likely N-dealkylation sites (tertiary alicyclic amines) is 1. The van der Waals surface area contributed by atoms with Gasteiger partial charge < -0.3 is 4.74 Å². The molecule has 0 spiro atoms. The average molecular weight is 394 g/mol. The van der Waals surface area contributed by atoms with E-state index in [1.165, 1.54) is 80.8 Å². The first kappa shape index (κ1) is 20.7. The van der Waals surface area contributed by atoms with Crippen LogP contribution in [0.1, 0.15) is 77.7 Å². The van der Waals surface area contributed by atoms with Crippen molar-refractivity contribution in [1.29, 1.82) is 0 Å². The van der Waals surface area contributed by atoms with Crippen LogP contribution in [0, 0.1) is 11.3 Å². The van der Waals surface area contributed by atoms with Crippen molar-refractivity contribution in [3.8, 4) is 5.75 Å². The molecule has 0 amide bonds. The molecule has 158 valence electrons. The summed E-state index contributed by atoms with van der Waals surface area (Å²) in [6.45, 7) is 10.7. The van der Waals surface area contributed by atoms with Crippen molar-refractivity contribution in [2.24, 2.45) is 11.3 Å². The van der Waals surface area contributed by atoms with Gasteiger partial charge in [-0.3, -0.25) is 4.90 Å². The van der Waals surface area contributed by atoms with Crippen molar-refractivity contribution in [2.75, 3.05) is 13.1 Å². The maximum atomic E-state index is 6.38. The molecule has 1 aliphatic carbocycles. The minimum absolute atomic E-state index is 0.383. The fourth-order valence-corrected chi connectivity index (χ4v) is 5.24. The topological polar surface area (TPSA) is 12.5 Å². The van der Waals surface area contributed by atoms with Crippen molar-refractivity contribution in [2.45, 2.75) is 84.8 Å². The normalized spacial score (nSPS) is 24.4. The van der Waals surface area contributed by atoms with Crippen molar-refractivity contribution >= 4 is 10.8 Å². The fourth-order valence-electron chi connectivity index (χ4n) is 5.24. The minimum atomic E-state index is 0.383. The molecule has 2 fully saturated rings. The second kappa shape index (κ2) is 9.08. The molecule has 2 heteroatoms. The first-order valence-electron chi connectivity index (χ1n) is 11.9. The third-order valence-corrected chi connectivity index (χ3v) is 7.18. The molecule has 0 aromatic heterocycles. The molecule has 1 saturated carbocycles. The second-order valence-corrected chi connectivity index (χ2v) is 10.5. The number of hydrogen-bond donors (Lipinski definition) is 0. The second-order valence-electron chi connectivity index (χ2n) is 10.5. The van der Waals surface area contributed by atoms with Gasteiger partial charge in [-0.05, 0) is 97.5 Å². The predicted octanol–water partition coefficient (Wildman–Crippen LogP) is 7.20. The van der Waals surface area contributed by atoms with E-state index >= 15 is 0 Å². The number of nitrogens with zero attached hydrogens (tertiary/aromatic N) is 1. The van der Waals surface area contributed by atoms with Crippen LogP contribution < -0.4 is 4.74 Å². The lowest BCUT2D eigenvalue weighted by Gasteiger charge is -2.37. The summed E-state index contributed by atoms with van der Waals surface area (Å²) < 4.78 is 6.38. The van der Waals surface area contributed by atoms with Crippen LogP contribution in [0.5, 0.6) is 5.75 Å². The lowest BCUT2D eigenvalue weighted by molar-refractivity contribution is 0.0883. The average Bonchev–Trinajstić information content (AvgIpc) is 2.96. The largest absolute Gasteiger partial charge is 0.490 e. The first-order valence-corrected chi connectivity index (χ1v) is 11.9. The summed E-state index contributed by atoms with van der Waals surface area (Å²) in [4.78, 5) is 2.62. The van der Waals surface area contributed by atoms with Crippen LogP contribution in [0.4, 0.5) is 0 Å². The smallest absolute Gasteiger partial charge is 0.120 e. The number of benzene rings is 2. The summed E-state index contributed by atoms with van der Waals surface area (Å²) >= 11 is 0. The van der Waals surface area contributed by atoms with Crippen LogP contribution in [-0.2, 0) is 6.54 Å². The molecule has 1 saturated heterocycles. The van der Waals surface area contributed by atoms with E-state index in [2.05, 4.69) is 62.1 Å². The van der Waals surface area contributed by atoms with E-state index in [-0.39, 0.29) is 0 Å². The van der Waals surface area contributed by atoms with Gasteiger partial charge in [0.2, 0.25) is 0 Å². The predicted molar refractivity (Wildman–Crippen MR) is 124 cm³/mol. The summed E-state index contributed by atoms with van der Waals surface area (Å²) in [5.74, 6) is 1.87. The maximum Gasteiger partial charge on any atom is 0.120 e. The number of fused-ring (bicyclic) bond motifs is 1. The van der Waals surface area contributed by atoms with Gasteiger partial charge in [0, 0.05) is 6.54 Å². The highest BCUT2D eigenvalue weighted by atomic mass is 16.5. The van der Waals surface area contributed by atoms with E-state index in [0.717, 1.165) is 18.2 Å². The third-order valence-electron chi connectivity index (χ3n) is 7.18. The highest BCUT2D eigenvalue weighted by Crippen LogP contribution is 2.39. The molecule has 0 radical (unpaired) electrons. The van der Waals surface area contributed by atoms with Crippen LogP contribution in [0.3, 0.4) is 0 Å². The summed E-state index contributed by atoms with van der Waals surface area (Å²) in [5, 5.41) is 2.63. The highest BCUT2D eigenvalue weighted by Gasteiger charge is 2.30. The molecule has 29 heavy (non-hydrogen) atoms. The number of hydrogen-bond acceptors (Lipinski definition) is 2. The molecule has 0 N–H and O–H groups in total. The van der Waals surface area contributed by atoms with Gasteiger partial charge in [-0.25, -0.2) is 0 Å². The monoisotopic (exact) mass is 393 g/mol. The van der Waals surface area contributed by atoms with Gasteiger partial charge in [0.1, 0.15) is 5.75 Å². The van der Waals surface area contributed by atoms with Gasteiger partial charge in [-0.1, -0.05) is 51.8 Å². The Kier molecular flexibility index (Phi) is 6.49. The van der Waals surface area contributed by atoms with Gasteiger partial charge in [0.15, 0.2) is 0 Å². The standard InChI is InChI=1S/C27H39NO/c1-27(2,3)24-11-14-25(15-12-24)29-26-13-10-22-18-21(8-9-23(22)19-26)20-28-16-6-4-5-7-17-28/h8-10,13,18-19,24-25H,4-7,11-12,14-17,20H2,1-3H3. The molecule has 1 heterocycles. The summed E-state index contributed by atoms with van der Waals surface area (Å²) in [5.41, 5.74) is 1.87. The molecule has 0 atom stereocenters. The molecule has 2 nitrogen and oxygen atoms in total. The quantitative estimate of drug-likeness (QED) is 0.544. The Morgan fingerprint density at radius 2 is 1.48 bits per heavy atom. The van der Waals surface area contributed by atoms with Gasteiger partial charge in [-0.2, -0.15) is 0 Å². The van der Waals surface area contributed by atoms with Crippen LogP contribution in [0.2, 0.25) is 0 Å². The SMILES string of the molecule is CC(C)(C)C1CCC(Oc2ccc3cc(CN4CCCCCC4)ccc3c2)CC1. The zero-order valence-corrected chi connectivity index (χ0v) is 18.8. The molecule has 0 unspecified atom stereocenters. The van der Waals surface area contributed by atoms with Gasteiger partial charge >= 0.3 is 0 Å². The van der Waals surface area contributed by atoms with E-state index in [9.17, 15) is 0 Å². The third kappa shape index (κ3) is 5.54. The lowest BCUT2D eigenvalue weighted by Crippen LogP contribution is -2.30. The number of ether oxygens (including phenoxy) is 1. The van der Waals surface area contributed by atoms with Crippen LogP contribution in [0.25, 0.3) is 10.8 Å². The Morgan fingerprint density at radius 1 is 0.828 bits per heavy atom. The molecule has 2 aromatic carbocycles. The van der Waals surface area contributed by atoms with E-state index in [4.69, 9.17) is 4.74 Å². The molecule has 1 aliphatic heterocycles. The summed E-state index contributed by atoms with van der Waals surface area (Å²) in [6.07, 6.45) is 10.8. The molecule has 0 bridgehead atoms. The minimum Gasteiger partial charge on any atom is -0.490 e. The molecule has 2 aromatic rings. The van der Waals surface area contributed by atoms with Crippen LogP contribution in [0.15, 0.2) is 36.4 Å². The molecule has 2 aliphatic rings. The Bertz CT molecular complexity index is 790. The first-order chi connectivity index (χ1) is 14.0. The van der Waals surface area contributed by atoms with Crippen molar-refractivity contribution in [3.05, 3.63) is 42.0 Å². The van der Waals surface area contributed by atoms with Crippen molar-refractivity contribution < 1.29 is 4.74 Å². The fraction of sp³-hybridized carbons (Fsp3) is 0.630. The van der Waals surface area contributed by atoms with Gasteiger partial charge in [0.25, 0.3) is 0 Å². The maximum absolute atomic E-state index is 6.38. The van der Waals surface area contributed by atoms with Crippen molar-refractivity contribution in [3.63, 3.8) is 0 Å². The van der Waals surface area contributed by atoms with E-state index < -0.39 is 0 Å². The van der Waals surface area contributed by atoms with Gasteiger partial charge in [0.05, 0.1) is 6.10 Å². The van der Waals surface area contributed by atoms with Crippen LogP contribution >= 0.6 is 0 Å². The van der Waals surface area contributed by atoms with E-state index in [1.807, 2.05) is 0 Å².